The van der Waals surface area contributed by atoms with Crippen LogP contribution in [0.15, 0.2) is 60.0 Å². The van der Waals surface area contributed by atoms with Crippen LogP contribution in [0.25, 0.3) is 0 Å². The number of benzene rings is 1. The second kappa shape index (κ2) is 9.07. The van der Waals surface area contributed by atoms with Gasteiger partial charge in [0.2, 0.25) is 5.91 Å². The molecule has 4 rings (SSSR count). The maximum Gasteiger partial charge on any atom is 0.269 e. The summed E-state index contributed by atoms with van der Waals surface area (Å²) in [6.07, 6.45) is 6.65. The normalized spacial score (nSPS) is 20.5. The van der Waals surface area contributed by atoms with E-state index >= 15 is 0 Å². The number of nitrogens with one attached hydrogen (secondary N) is 1. The lowest BCUT2D eigenvalue weighted by atomic mass is 9.87. The molecule has 30 heavy (non-hydrogen) atoms. The summed E-state index contributed by atoms with van der Waals surface area (Å²) >= 11 is 0. The molecule has 0 radical (unpaired) electrons. The number of likely N-dealkylation sites (tertiary alicyclic amines) is 1. The lowest BCUT2D eigenvalue weighted by Gasteiger charge is -2.38. The second-order valence-corrected chi connectivity index (χ2v) is 7.93. The van der Waals surface area contributed by atoms with Gasteiger partial charge in [0.1, 0.15) is 5.71 Å². The fraction of sp³-hybridized carbons (Fsp3) is 0.391. The van der Waals surface area contributed by atoms with Gasteiger partial charge in [-0.2, -0.15) is 0 Å². The van der Waals surface area contributed by atoms with Crippen LogP contribution in [0.1, 0.15) is 36.8 Å². The molecule has 7 nitrogen and oxygen atoms in total. The molecule has 1 aromatic carbocycles. The van der Waals surface area contributed by atoms with E-state index in [0.717, 1.165) is 36.9 Å². The fourth-order valence-corrected chi connectivity index (χ4v) is 4.01. The van der Waals surface area contributed by atoms with Crippen LogP contribution in [-0.2, 0) is 27.4 Å². The van der Waals surface area contributed by atoms with Gasteiger partial charge in [0, 0.05) is 38.3 Å². The second-order valence-electron chi connectivity index (χ2n) is 7.93. The van der Waals surface area contributed by atoms with Gasteiger partial charge in [0.15, 0.2) is 5.60 Å². The number of aromatic nitrogens is 1. The highest BCUT2D eigenvalue weighted by Gasteiger charge is 2.45. The number of nitrogens with zero attached hydrogens (tertiary/aromatic N) is 3. The topological polar surface area (TPSA) is 83.9 Å². The van der Waals surface area contributed by atoms with Crippen molar-refractivity contribution in [2.75, 3.05) is 13.1 Å². The third kappa shape index (κ3) is 4.84. The first-order valence-corrected chi connectivity index (χ1v) is 10.4. The van der Waals surface area contributed by atoms with Gasteiger partial charge in [0.05, 0.1) is 6.54 Å². The van der Waals surface area contributed by atoms with Gasteiger partial charge in [-0.3, -0.25) is 14.6 Å². The zero-order valence-corrected chi connectivity index (χ0v) is 16.9. The van der Waals surface area contributed by atoms with Crippen molar-refractivity contribution in [1.82, 2.24) is 15.2 Å². The maximum atomic E-state index is 12.7. The monoisotopic (exact) mass is 406 g/mol. The Morgan fingerprint density at radius 2 is 1.90 bits per heavy atom. The van der Waals surface area contributed by atoms with Crippen molar-refractivity contribution in [2.45, 2.75) is 44.2 Å². The standard InChI is InChI=1S/C23H26N4O3/c28-21(8-7-18-5-2-1-3-6-18)27-14-4-11-23(17-27)15-20(26-30-23)22(29)25-16-19-9-12-24-13-10-19/h1-3,5-6,9-10,12-13H,4,7-8,11,14-17H2,(H,25,29)/t23-/m1/s1. The number of amides is 2. The van der Waals surface area contributed by atoms with Crippen LogP contribution >= 0.6 is 0 Å². The van der Waals surface area contributed by atoms with E-state index in [1.165, 1.54) is 0 Å². The van der Waals surface area contributed by atoms with Gasteiger partial charge >= 0.3 is 0 Å². The number of carbonyl (C=O) groups is 2. The summed E-state index contributed by atoms with van der Waals surface area (Å²) < 4.78 is 0. The first-order chi connectivity index (χ1) is 14.6. The molecule has 0 saturated carbocycles. The van der Waals surface area contributed by atoms with Crippen molar-refractivity contribution in [3.63, 3.8) is 0 Å². The summed E-state index contributed by atoms with van der Waals surface area (Å²) in [4.78, 5) is 36.8. The highest BCUT2D eigenvalue weighted by atomic mass is 16.7. The van der Waals surface area contributed by atoms with Gasteiger partial charge in [-0.05, 0) is 42.5 Å². The Morgan fingerprint density at radius 1 is 1.10 bits per heavy atom. The van der Waals surface area contributed by atoms with E-state index in [4.69, 9.17) is 4.84 Å². The molecular weight excluding hydrogens is 380 g/mol. The Balaban J connectivity index is 1.28. The van der Waals surface area contributed by atoms with E-state index in [9.17, 15) is 9.59 Å². The lowest BCUT2D eigenvalue weighted by molar-refractivity contribution is -0.140. The van der Waals surface area contributed by atoms with Crippen molar-refractivity contribution in [1.29, 1.82) is 0 Å². The zero-order valence-electron chi connectivity index (χ0n) is 16.9. The number of oxime groups is 1. The molecule has 1 atom stereocenters. The molecule has 2 aliphatic heterocycles. The minimum Gasteiger partial charge on any atom is -0.386 e. The number of rotatable bonds is 6. The Morgan fingerprint density at radius 3 is 2.70 bits per heavy atom. The number of piperidine rings is 1. The Kier molecular flexibility index (Phi) is 6.07. The van der Waals surface area contributed by atoms with Crippen LogP contribution in [0.2, 0.25) is 0 Å². The summed E-state index contributed by atoms with van der Waals surface area (Å²) in [6.45, 7) is 1.62. The van der Waals surface area contributed by atoms with E-state index in [1.807, 2.05) is 47.4 Å². The van der Waals surface area contributed by atoms with Crippen LogP contribution in [0, 0.1) is 0 Å². The number of carbonyl (C=O) groups excluding carboxylic acids is 2. The van der Waals surface area contributed by atoms with E-state index in [2.05, 4.69) is 15.5 Å². The van der Waals surface area contributed by atoms with E-state index in [-0.39, 0.29) is 11.8 Å². The van der Waals surface area contributed by atoms with Crippen LogP contribution in [-0.4, -0.2) is 46.1 Å². The van der Waals surface area contributed by atoms with Crippen molar-refractivity contribution >= 4 is 17.5 Å². The van der Waals surface area contributed by atoms with Crippen LogP contribution < -0.4 is 5.32 Å². The number of hydrogen-bond donors (Lipinski definition) is 1. The minimum atomic E-state index is -0.579. The highest BCUT2D eigenvalue weighted by Crippen LogP contribution is 2.33. The molecule has 156 valence electrons. The molecule has 2 amide bonds. The molecule has 1 spiro atoms. The summed E-state index contributed by atoms with van der Waals surface area (Å²) in [7, 11) is 0. The van der Waals surface area contributed by atoms with Crippen molar-refractivity contribution in [3.05, 3.63) is 66.0 Å². The molecule has 1 saturated heterocycles. The molecule has 1 N–H and O–H groups in total. The molecule has 0 aliphatic carbocycles. The SMILES string of the molecule is O=C(NCc1ccncc1)C1=NO[C@]2(CCCN(C(=O)CCc3ccccc3)C2)C1. The summed E-state index contributed by atoms with van der Waals surface area (Å²) in [5, 5.41) is 6.94. The molecule has 2 aliphatic rings. The molecular formula is C23H26N4O3. The molecule has 7 heteroatoms. The highest BCUT2D eigenvalue weighted by molar-refractivity contribution is 6.39. The number of pyridine rings is 1. The molecule has 3 heterocycles. The quantitative estimate of drug-likeness (QED) is 0.799. The van der Waals surface area contributed by atoms with Crippen LogP contribution in [0.5, 0.6) is 0 Å². The van der Waals surface area contributed by atoms with Crippen LogP contribution in [0.3, 0.4) is 0 Å². The summed E-state index contributed by atoms with van der Waals surface area (Å²) in [6, 6.07) is 13.7. The van der Waals surface area contributed by atoms with Crippen molar-refractivity contribution < 1.29 is 14.4 Å². The minimum absolute atomic E-state index is 0.122. The van der Waals surface area contributed by atoms with E-state index < -0.39 is 5.60 Å². The first-order valence-electron chi connectivity index (χ1n) is 10.4. The lowest BCUT2D eigenvalue weighted by Crippen LogP contribution is -2.51. The number of aryl methyl sites for hydroxylation is 1. The van der Waals surface area contributed by atoms with Gasteiger partial charge in [-0.25, -0.2) is 0 Å². The molecule has 0 bridgehead atoms. The predicted octanol–water partition coefficient (Wildman–Crippen LogP) is 2.47. The van der Waals surface area contributed by atoms with Gasteiger partial charge in [-0.1, -0.05) is 35.5 Å². The molecule has 2 aromatic rings. The largest absolute Gasteiger partial charge is 0.386 e. The molecule has 1 aromatic heterocycles. The number of hydrogen-bond acceptors (Lipinski definition) is 5. The van der Waals surface area contributed by atoms with Crippen molar-refractivity contribution in [2.24, 2.45) is 5.16 Å². The van der Waals surface area contributed by atoms with Gasteiger partial charge < -0.3 is 15.1 Å². The average Bonchev–Trinajstić information content (AvgIpc) is 3.20. The molecule has 0 unspecified atom stereocenters. The fourth-order valence-electron chi connectivity index (χ4n) is 4.01. The Bertz CT molecular complexity index is 917. The smallest absolute Gasteiger partial charge is 0.269 e. The first kappa shape index (κ1) is 20.1. The van der Waals surface area contributed by atoms with Crippen molar-refractivity contribution in [3.8, 4) is 0 Å². The summed E-state index contributed by atoms with van der Waals surface area (Å²) in [5.74, 6) is -0.103. The predicted molar refractivity (Wildman–Crippen MR) is 113 cm³/mol. The summed E-state index contributed by atoms with van der Waals surface area (Å²) in [5.41, 5.74) is 1.94. The third-order valence-corrected chi connectivity index (χ3v) is 5.67. The van der Waals surface area contributed by atoms with Crippen LogP contribution in [0.4, 0.5) is 0 Å². The van der Waals surface area contributed by atoms with E-state index in [0.29, 0.717) is 31.6 Å². The Labute approximate surface area is 176 Å². The molecule has 1 fully saturated rings. The van der Waals surface area contributed by atoms with Gasteiger partial charge in [-0.15, -0.1) is 0 Å². The maximum absolute atomic E-state index is 12.7. The Hall–Kier alpha value is -3.22. The van der Waals surface area contributed by atoms with Gasteiger partial charge in [0.25, 0.3) is 5.91 Å². The average molecular weight is 406 g/mol. The van der Waals surface area contributed by atoms with E-state index in [1.54, 1.807) is 12.4 Å². The third-order valence-electron chi connectivity index (χ3n) is 5.67. The zero-order chi connectivity index (χ0) is 20.8.